The van der Waals surface area contributed by atoms with Crippen LogP contribution in [0.3, 0.4) is 0 Å². The SMILES string of the molecule is NC(CC(=O)c1ccccc1NO)C(=O)O. The molecule has 1 rings (SSSR count). The minimum atomic E-state index is -1.24. The molecule has 0 radical (unpaired) electrons. The predicted octanol–water partition coefficient (Wildman–Crippen LogP) is 0.472. The summed E-state index contributed by atoms with van der Waals surface area (Å²) in [7, 11) is 0. The van der Waals surface area contributed by atoms with E-state index in [0.717, 1.165) is 0 Å². The van der Waals surface area contributed by atoms with Crippen molar-refractivity contribution in [2.75, 3.05) is 5.48 Å². The van der Waals surface area contributed by atoms with Crippen LogP contribution in [0.25, 0.3) is 0 Å². The van der Waals surface area contributed by atoms with Crippen molar-refractivity contribution in [3.05, 3.63) is 29.8 Å². The molecule has 0 heterocycles. The topological polar surface area (TPSA) is 113 Å². The van der Waals surface area contributed by atoms with Crippen molar-refractivity contribution in [1.82, 2.24) is 0 Å². The molecule has 0 spiro atoms. The van der Waals surface area contributed by atoms with Gasteiger partial charge in [-0.1, -0.05) is 12.1 Å². The summed E-state index contributed by atoms with van der Waals surface area (Å²) in [6.45, 7) is 0. The van der Waals surface area contributed by atoms with E-state index in [4.69, 9.17) is 16.0 Å². The zero-order valence-electron chi connectivity index (χ0n) is 8.38. The number of nitrogens with one attached hydrogen (secondary N) is 1. The molecule has 1 aromatic rings. The maximum atomic E-state index is 11.6. The Hall–Kier alpha value is -1.92. The average molecular weight is 224 g/mol. The lowest BCUT2D eigenvalue weighted by molar-refractivity contribution is -0.138. The number of hydrogen-bond donors (Lipinski definition) is 4. The summed E-state index contributed by atoms with van der Waals surface area (Å²) >= 11 is 0. The number of nitrogens with two attached hydrogens (primary N) is 1. The van der Waals surface area contributed by atoms with Crippen molar-refractivity contribution in [3.8, 4) is 0 Å². The molecule has 0 saturated heterocycles. The molecule has 16 heavy (non-hydrogen) atoms. The van der Waals surface area contributed by atoms with Gasteiger partial charge in [0.15, 0.2) is 5.78 Å². The number of para-hydroxylation sites is 1. The minimum absolute atomic E-state index is 0.210. The fourth-order valence-electron chi connectivity index (χ4n) is 1.22. The van der Waals surface area contributed by atoms with Crippen LogP contribution in [0.15, 0.2) is 24.3 Å². The lowest BCUT2D eigenvalue weighted by Gasteiger charge is -2.08. The molecule has 0 saturated carbocycles. The van der Waals surface area contributed by atoms with Crippen LogP contribution in [0.4, 0.5) is 5.69 Å². The molecule has 0 aliphatic rings. The maximum Gasteiger partial charge on any atom is 0.320 e. The Kier molecular flexibility index (Phi) is 3.98. The van der Waals surface area contributed by atoms with E-state index in [1.807, 2.05) is 5.48 Å². The molecule has 1 atom stereocenters. The van der Waals surface area contributed by atoms with Gasteiger partial charge in [-0.15, -0.1) is 0 Å². The first kappa shape index (κ1) is 12.2. The van der Waals surface area contributed by atoms with Gasteiger partial charge in [0.05, 0.1) is 5.69 Å². The van der Waals surface area contributed by atoms with Crippen LogP contribution in [0.1, 0.15) is 16.8 Å². The molecular weight excluding hydrogens is 212 g/mol. The summed E-state index contributed by atoms with van der Waals surface area (Å²) in [5, 5.41) is 17.3. The largest absolute Gasteiger partial charge is 0.480 e. The Morgan fingerprint density at radius 2 is 2.00 bits per heavy atom. The molecule has 5 N–H and O–H groups in total. The smallest absolute Gasteiger partial charge is 0.320 e. The van der Waals surface area contributed by atoms with Crippen LogP contribution in [0.5, 0.6) is 0 Å². The van der Waals surface area contributed by atoms with E-state index in [-0.39, 0.29) is 17.7 Å². The summed E-state index contributed by atoms with van der Waals surface area (Å²) in [6, 6.07) is 4.99. The second kappa shape index (κ2) is 5.24. The lowest BCUT2D eigenvalue weighted by atomic mass is 10.0. The Labute approximate surface area is 91.6 Å². The molecule has 0 aliphatic heterocycles. The van der Waals surface area contributed by atoms with E-state index in [2.05, 4.69) is 0 Å². The number of carbonyl (C=O) groups is 2. The van der Waals surface area contributed by atoms with Gasteiger partial charge in [0.1, 0.15) is 6.04 Å². The van der Waals surface area contributed by atoms with Crippen molar-refractivity contribution < 1.29 is 19.9 Å². The summed E-state index contributed by atoms with van der Waals surface area (Å²) in [5.41, 5.74) is 7.55. The second-order valence-corrected chi connectivity index (χ2v) is 3.23. The predicted molar refractivity (Wildman–Crippen MR) is 56.4 cm³/mol. The van der Waals surface area contributed by atoms with Gasteiger partial charge >= 0.3 is 5.97 Å². The highest BCUT2D eigenvalue weighted by Gasteiger charge is 2.19. The Morgan fingerprint density at radius 1 is 1.38 bits per heavy atom. The first-order valence-electron chi connectivity index (χ1n) is 4.57. The molecule has 6 nitrogen and oxygen atoms in total. The lowest BCUT2D eigenvalue weighted by Crippen LogP contribution is -2.32. The maximum absolute atomic E-state index is 11.6. The molecule has 0 bridgehead atoms. The Bertz CT molecular complexity index is 406. The molecule has 0 aromatic heterocycles. The molecule has 1 unspecified atom stereocenters. The van der Waals surface area contributed by atoms with Crippen LogP contribution in [0.2, 0.25) is 0 Å². The van der Waals surface area contributed by atoms with Gasteiger partial charge in [-0.3, -0.25) is 20.3 Å². The summed E-state index contributed by atoms with van der Waals surface area (Å²) in [6.07, 6.45) is -0.311. The van der Waals surface area contributed by atoms with Crippen LogP contribution in [-0.4, -0.2) is 28.1 Å². The number of carbonyl (C=O) groups excluding carboxylic acids is 1. The Balaban J connectivity index is 2.84. The van der Waals surface area contributed by atoms with Gasteiger partial charge in [0, 0.05) is 12.0 Å². The van der Waals surface area contributed by atoms with Crippen LogP contribution in [0, 0.1) is 0 Å². The number of aliphatic carboxylic acids is 1. The first-order chi connectivity index (χ1) is 7.56. The highest BCUT2D eigenvalue weighted by molar-refractivity contribution is 6.02. The third-order valence-corrected chi connectivity index (χ3v) is 2.07. The van der Waals surface area contributed by atoms with Crippen molar-refractivity contribution in [2.45, 2.75) is 12.5 Å². The van der Waals surface area contributed by atoms with Gasteiger partial charge < -0.3 is 10.8 Å². The molecule has 0 fully saturated rings. The average Bonchev–Trinajstić information content (AvgIpc) is 2.28. The van der Waals surface area contributed by atoms with E-state index in [1.54, 1.807) is 12.1 Å². The fraction of sp³-hybridized carbons (Fsp3) is 0.200. The molecule has 0 amide bonds. The van der Waals surface area contributed by atoms with E-state index in [9.17, 15) is 9.59 Å². The van der Waals surface area contributed by atoms with E-state index in [1.165, 1.54) is 12.1 Å². The quantitative estimate of drug-likeness (QED) is 0.427. The molecule has 1 aromatic carbocycles. The van der Waals surface area contributed by atoms with E-state index < -0.39 is 17.8 Å². The van der Waals surface area contributed by atoms with Crippen LogP contribution < -0.4 is 11.2 Å². The van der Waals surface area contributed by atoms with Crippen molar-refractivity contribution in [3.63, 3.8) is 0 Å². The fourth-order valence-corrected chi connectivity index (χ4v) is 1.22. The highest BCUT2D eigenvalue weighted by Crippen LogP contribution is 2.16. The minimum Gasteiger partial charge on any atom is -0.480 e. The van der Waals surface area contributed by atoms with Gasteiger partial charge in [-0.05, 0) is 12.1 Å². The van der Waals surface area contributed by atoms with Crippen molar-refractivity contribution >= 4 is 17.4 Å². The van der Waals surface area contributed by atoms with Gasteiger partial charge in [0.25, 0.3) is 0 Å². The monoisotopic (exact) mass is 224 g/mol. The number of anilines is 1. The molecule has 86 valence electrons. The first-order valence-corrected chi connectivity index (χ1v) is 4.57. The standard InChI is InChI=1S/C10H12N2O4/c11-7(10(14)15)5-9(13)6-3-1-2-4-8(6)12-16/h1-4,7,12,16H,5,11H2,(H,14,15). The third kappa shape index (κ3) is 2.78. The van der Waals surface area contributed by atoms with E-state index in [0.29, 0.717) is 0 Å². The normalized spacial score (nSPS) is 11.9. The number of carboxylic acid groups (broad SMARTS) is 1. The number of hydrogen-bond acceptors (Lipinski definition) is 5. The summed E-state index contributed by atoms with van der Waals surface area (Å²) < 4.78 is 0. The van der Waals surface area contributed by atoms with Gasteiger partial charge in [0.2, 0.25) is 0 Å². The van der Waals surface area contributed by atoms with Crippen molar-refractivity contribution in [1.29, 1.82) is 0 Å². The van der Waals surface area contributed by atoms with E-state index >= 15 is 0 Å². The second-order valence-electron chi connectivity index (χ2n) is 3.23. The number of rotatable bonds is 5. The van der Waals surface area contributed by atoms with Gasteiger partial charge in [-0.25, -0.2) is 0 Å². The number of benzene rings is 1. The third-order valence-electron chi connectivity index (χ3n) is 2.07. The summed E-state index contributed by atoms with van der Waals surface area (Å²) in [5.74, 6) is -1.67. The number of ketones is 1. The zero-order valence-corrected chi connectivity index (χ0v) is 8.38. The van der Waals surface area contributed by atoms with Crippen molar-refractivity contribution in [2.24, 2.45) is 5.73 Å². The van der Waals surface area contributed by atoms with Crippen LogP contribution in [-0.2, 0) is 4.79 Å². The van der Waals surface area contributed by atoms with Gasteiger partial charge in [-0.2, -0.15) is 0 Å². The molecule has 0 aliphatic carbocycles. The highest BCUT2D eigenvalue weighted by atomic mass is 16.5. The Morgan fingerprint density at radius 3 is 2.56 bits per heavy atom. The molecular formula is C10H12N2O4. The number of carboxylic acids is 1. The van der Waals surface area contributed by atoms with Crippen LogP contribution >= 0.6 is 0 Å². The number of Topliss-reactive ketones (excluding diaryl/α,β-unsaturated/α-hetero) is 1. The summed E-state index contributed by atoms with van der Waals surface area (Å²) in [4.78, 5) is 22.1. The zero-order chi connectivity index (χ0) is 12.1. The molecule has 6 heteroatoms.